The third kappa shape index (κ3) is 4.27. The first-order chi connectivity index (χ1) is 10.7. The zero-order chi connectivity index (χ0) is 17.2. The molecule has 2 heterocycles. The number of nitrogens with two attached hydrogens (primary N) is 1. The summed E-state index contributed by atoms with van der Waals surface area (Å²) in [5, 5.41) is 0. The number of amides is 1. The predicted molar refractivity (Wildman–Crippen MR) is 92.0 cm³/mol. The number of carbonyl (C=O) groups excluding carboxylic acids is 1. The average Bonchev–Trinajstić information content (AvgIpc) is 2.73. The molecule has 2 atom stereocenters. The molecule has 2 unspecified atom stereocenters. The summed E-state index contributed by atoms with van der Waals surface area (Å²) in [6.07, 6.45) is 5.57. The molecule has 0 aromatic rings. The maximum absolute atomic E-state index is 12.4. The van der Waals surface area contributed by atoms with E-state index in [1.54, 1.807) is 6.08 Å². The number of aliphatic imine (C=N–C) groups is 1. The number of piperazine rings is 1. The van der Waals surface area contributed by atoms with Gasteiger partial charge >= 0.3 is 6.09 Å². The second-order valence-electron chi connectivity index (χ2n) is 7.24. The Balaban J connectivity index is 2.04. The van der Waals surface area contributed by atoms with Crippen LogP contribution in [0.4, 0.5) is 4.79 Å². The van der Waals surface area contributed by atoms with Gasteiger partial charge in [-0.3, -0.25) is 4.90 Å². The highest BCUT2D eigenvalue weighted by Gasteiger charge is 2.44. The fourth-order valence-corrected chi connectivity index (χ4v) is 3.17. The molecule has 0 saturated carbocycles. The van der Waals surface area contributed by atoms with Gasteiger partial charge in [-0.25, -0.2) is 9.79 Å². The highest BCUT2D eigenvalue weighted by atomic mass is 16.6. The fraction of sp³-hybridized carbons (Fsp3) is 0.647. The molecule has 2 bridgehead atoms. The SMILES string of the molecule is C=N/C(N)=C\C=C(/C)N1CC2CCC(C1)N2C(=O)OC(C)(C)C. The Bertz CT molecular complexity index is 519. The molecular formula is C17H28N4O2. The standard InChI is InChI=1S/C17H28N4O2/c1-12(6-9-15(18)19-5)20-10-13-7-8-14(11-20)21(13)16(22)23-17(2,3)4/h6,9,13-14H,5,7-8,10-11,18H2,1-4H3/b12-6+,15-9-. The highest BCUT2D eigenvalue weighted by molar-refractivity contribution is 5.69. The first kappa shape index (κ1) is 17.4. The van der Waals surface area contributed by atoms with Crippen molar-refractivity contribution in [2.75, 3.05) is 13.1 Å². The molecule has 0 radical (unpaired) electrons. The summed E-state index contributed by atoms with van der Waals surface area (Å²) >= 11 is 0. The fourth-order valence-electron chi connectivity index (χ4n) is 3.17. The van der Waals surface area contributed by atoms with Crippen LogP contribution in [0, 0.1) is 0 Å². The molecule has 6 nitrogen and oxygen atoms in total. The van der Waals surface area contributed by atoms with Crippen LogP contribution in [0.15, 0.2) is 28.7 Å². The Hall–Kier alpha value is -1.98. The van der Waals surface area contributed by atoms with Crippen LogP contribution in [0.5, 0.6) is 0 Å². The molecule has 2 N–H and O–H groups in total. The summed E-state index contributed by atoms with van der Waals surface area (Å²) in [7, 11) is 0. The smallest absolute Gasteiger partial charge is 0.410 e. The van der Waals surface area contributed by atoms with Gasteiger partial charge in [0.1, 0.15) is 11.4 Å². The monoisotopic (exact) mass is 320 g/mol. The molecule has 2 aliphatic heterocycles. The molecule has 2 saturated heterocycles. The number of rotatable bonds is 3. The van der Waals surface area contributed by atoms with Crippen molar-refractivity contribution in [1.82, 2.24) is 9.80 Å². The van der Waals surface area contributed by atoms with E-state index in [1.165, 1.54) is 0 Å². The summed E-state index contributed by atoms with van der Waals surface area (Å²) in [5.74, 6) is 0.403. The van der Waals surface area contributed by atoms with Crippen LogP contribution in [-0.4, -0.2) is 53.4 Å². The van der Waals surface area contributed by atoms with E-state index in [-0.39, 0.29) is 18.2 Å². The van der Waals surface area contributed by atoms with Crippen LogP contribution in [0.1, 0.15) is 40.5 Å². The number of fused-ring (bicyclic) bond motifs is 2. The number of ether oxygens (including phenoxy) is 1. The summed E-state index contributed by atoms with van der Waals surface area (Å²) in [5.41, 5.74) is 6.31. The van der Waals surface area contributed by atoms with Gasteiger partial charge < -0.3 is 15.4 Å². The molecule has 2 rings (SSSR count). The Morgan fingerprint density at radius 2 is 1.83 bits per heavy atom. The number of nitrogens with zero attached hydrogens (tertiary/aromatic N) is 3. The van der Waals surface area contributed by atoms with Crippen molar-refractivity contribution in [2.24, 2.45) is 10.7 Å². The maximum Gasteiger partial charge on any atom is 0.410 e. The van der Waals surface area contributed by atoms with E-state index in [4.69, 9.17) is 10.5 Å². The molecule has 0 aromatic carbocycles. The molecule has 0 spiro atoms. The van der Waals surface area contributed by atoms with Gasteiger partial charge in [-0.15, -0.1) is 0 Å². The van der Waals surface area contributed by atoms with Gasteiger partial charge in [-0.1, -0.05) is 0 Å². The van der Waals surface area contributed by atoms with E-state index in [9.17, 15) is 4.79 Å². The summed E-state index contributed by atoms with van der Waals surface area (Å²) in [6.45, 7) is 12.8. The van der Waals surface area contributed by atoms with Gasteiger partial charge in [0.15, 0.2) is 0 Å². The van der Waals surface area contributed by atoms with Gasteiger partial charge in [0.05, 0.1) is 12.1 Å². The molecule has 0 aliphatic carbocycles. The molecule has 2 aliphatic rings. The van der Waals surface area contributed by atoms with Crippen LogP contribution >= 0.6 is 0 Å². The van der Waals surface area contributed by atoms with Crippen molar-refractivity contribution in [3.63, 3.8) is 0 Å². The number of carbonyl (C=O) groups is 1. The Labute approximate surface area is 138 Å². The van der Waals surface area contributed by atoms with Crippen molar-refractivity contribution in [3.05, 3.63) is 23.7 Å². The van der Waals surface area contributed by atoms with Crippen molar-refractivity contribution in [1.29, 1.82) is 0 Å². The molecule has 1 amide bonds. The van der Waals surface area contributed by atoms with Gasteiger partial charge in [0, 0.05) is 18.8 Å². The van der Waals surface area contributed by atoms with Gasteiger partial charge in [0.2, 0.25) is 0 Å². The normalized spacial score (nSPS) is 25.6. The van der Waals surface area contributed by atoms with E-state index in [0.29, 0.717) is 5.82 Å². The Morgan fingerprint density at radius 1 is 1.26 bits per heavy atom. The zero-order valence-electron chi connectivity index (χ0n) is 14.6. The molecule has 6 heteroatoms. The summed E-state index contributed by atoms with van der Waals surface area (Å²) in [4.78, 5) is 20.3. The zero-order valence-corrected chi connectivity index (χ0v) is 14.6. The maximum atomic E-state index is 12.4. The third-order valence-electron chi connectivity index (χ3n) is 4.26. The second-order valence-corrected chi connectivity index (χ2v) is 7.24. The minimum Gasteiger partial charge on any atom is -0.444 e. The number of hydrogen-bond donors (Lipinski definition) is 1. The molecule has 23 heavy (non-hydrogen) atoms. The molecular weight excluding hydrogens is 292 g/mol. The number of allylic oxidation sites excluding steroid dienone is 3. The van der Waals surface area contributed by atoms with Crippen LogP contribution in [0.2, 0.25) is 0 Å². The quantitative estimate of drug-likeness (QED) is 0.640. The number of hydrogen-bond acceptors (Lipinski definition) is 5. The lowest BCUT2D eigenvalue weighted by molar-refractivity contribution is -0.000347. The Morgan fingerprint density at radius 3 is 2.30 bits per heavy atom. The molecule has 128 valence electrons. The van der Waals surface area contributed by atoms with Crippen LogP contribution < -0.4 is 5.73 Å². The minimum absolute atomic E-state index is 0.189. The van der Waals surface area contributed by atoms with Crippen molar-refractivity contribution < 1.29 is 9.53 Å². The predicted octanol–water partition coefficient (Wildman–Crippen LogP) is 2.47. The second kappa shape index (κ2) is 6.64. The van der Waals surface area contributed by atoms with E-state index in [0.717, 1.165) is 31.6 Å². The van der Waals surface area contributed by atoms with E-state index >= 15 is 0 Å². The van der Waals surface area contributed by atoms with Crippen LogP contribution in [0.25, 0.3) is 0 Å². The lowest BCUT2D eigenvalue weighted by Gasteiger charge is -2.42. The molecule has 2 fully saturated rings. The summed E-state index contributed by atoms with van der Waals surface area (Å²) < 4.78 is 5.56. The summed E-state index contributed by atoms with van der Waals surface area (Å²) in [6, 6.07) is 0.427. The van der Waals surface area contributed by atoms with Crippen molar-refractivity contribution in [3.8, 4) is 0 Å². The average molecular weight is 320 g/mol. The largest absolute Gasteiger partial charge is 0.444 e. The van der Waals surface area contributed by atoms with Crippen molar-refractivity contribution in [2.45, 2.75) is 58.2 Å². The first-order valence-corrected chi connectivity index (χ1v) is 8.08. The van der Waals surface area contributed by atoms with Crippen molar-refractivity contribution >= 4 is 12.8 Å². The van der Waals surface area contributed by atoms with Crippen LogP contribution in [-0.2, 0) is 4.74 Å². The highest BCUT2D eigenvalue weighted by Crippen LogP contribution is 2.33. The van der Waals surface area contributed by atoms with Gasteiger partial charge in [-0.2, -0.15) is 0 Å². The van der Waals surface area contributed by atoms with E-state index < -0.39 is 5.60 Å². The van der Waals surface area contributed by atoms with E-state index in [1.807, 2.05) is 31.7 Å². The Kier molecular flexibility index (Phi) is 5.02. The minimum atomic E-state index is -0.455. The topological polar surface area (TPSA) is 71.2 Å². The number of likely N-dealkylation sites (tertiary alicyclic amines) is 1. The molecule has 0 aromatic heterocycles. The third-order valence-corrected chi connectivity index (χ3v) is 4.26. The van der Waals surface area contributed by atoms with Gasteiger partial charge in [0.25, 0.3) is 0 Å². The van der Waals surface area contributed by atoms with E-state index in [2.05, 4.69) is 23.5 Å². The van der Waals surface area contributed by atoms with Gasteiger partial charge in [-0.05, 0) is 59.4 Å². The lowest BCUT2D eigenvalue weighted by atomic mass is 10.1. The first-order valence-electron chi connectivity index (χ1n) is 8.08. The van der Waals surface area contributed by atoms with Crippen LogP contribution in [0.3, 0.4) is 0 Å². The lowest BCUT2D eigenvalue weighted by Crippen LogP contribution is -2.56.